The van der Waals surface area contributed by atoms with Crippen LogP contribution < -0.4 is 14.4 Å². The Labute approximate surface area is 206 Å². The van der Waals surface area contributed by atoms with E-state index in [4.69, 9.17) is 4.74 Å². The number of rotatable bonds is 9. The lowest BCUT2D eigenvalue weighted by Crippen LogP contribution is -2.28. The molecule has 0 saturated heterocycles. The number of ether oxygens (including phenoxy) is 1. The third-order valence-corrected chi connectivity index (χ3v) is 6.06. The molecule has 1 amide bonds. The summed E-state index contributed by atoms with van der Waals surface area (Å²) in [6, 6.07) is 14.5. The van der Waals surface area contributed by atoms with E-state index in [1.807, 2.05) is 0 Å². The SMILES string of the molecule is CC(C(=O)NCc1ccc(C(F)(F)F)nc1OCc1ccccc1)c1ccc(N(C)[SH](=O)=O)c(F)c1. The zero-order chi connectivity index (χ0) is 26.5. The van der Waals surface area contributed by atoms with Crippen molar-refractivity contribution in [1.82, 2.24) is 10.3 Å². The second-order valence-electron chi connectivity index (χ2n) is 7.84. The molecule has 0 aliphatic heterocycles. The molecule has 3 rings (SSSR count). The molecule has 2 aromatic carbocycles. The molecule has 1 heterocycles. The molecule has 1 aromatic heterocycles. The number of nitrogens with one attached hydrogen (secondary N) is 1. The van der Waals surface area contributed by atoms with Crippen molar-refractivity contribution in [2.24, 2.45) is 0 Å². The second-order valence-corrected chi connectivity index (χ2v) is 8.92. The van der Waals surface area contributed by atoms with Gasteiger partial charge in [-0.2, -0.15) is 13.2 Å². The highest BCUT2D eigenvalue weighted by atomic mass is 32.2. The van der Waals surface area contributed by atoms with E-state index in [9.17, 15) is 30.8 Å². The van der Waals surface area contributed by atoms with E-state index in [2.05, 4.69) is 10.3 Å². The number of aromatic nitrogens is 1. The van der Waals surface area contributed by atoms with Crippen LogP contribution in [0.25, 0.3) is 0 Å². The van der Waals surface area contributed by atoms with Crippen LogP contribution in [0.3, 0.4) is 0 Å². The monoisotopic (exact) mass is 525 g/mol. The number of hydrogen-bond donors (Lipinski definition) is 2. The molecule has 0 bridgehead atoms. The predicted molar refractivity (Wildman–Crippen MR) is 125 cm³/mol. The average Bonchev–Trinajstić information content (AvgIpc) is 2.85. The van der Waals surface area contributed by atoms with Crippen molar-refractivity contribution in [2.45, 2.75) is 32.2 Å². The summed E-state index contributed by atoms with van der Waals surface area (Å²) in [5.41, 5.74) is -0.0675. The minimum absolute atomic E-state index is 0.0263. The van der Waals surface area contributed by atoms with Gasteiger partial charge in [-0.3, -0.25) is 9.10 Å². The first kappa shape index (κ1) is 26.9. The Morgan fingerprint density at radius 2 is 1.81 bits per heavy atom. The highest BCUT2D eigenvalue weighted by Gasteiger charge is 2.33. The Balaban J connectivity index is 1.74. The molecular weight excluding hydrogens is 502 g/mol. The highest BCUT2D eigenvalue weighted by Crippen LogP contribution is 2.31. The van der Waals surface area contributed by atoms with Crippen LogP contribution >= 0.6 is 0 Å². The number of carbonyl (C=O) groups is 1. The number of pyridine rings is 1. The van der Waals surface area contributed by atoms with Gasteiger partial charge in [-0.15, -0.1) is 0 Å². The third kappa shape index (κ3) is 6.72. The van der Waals surface area contributed by atoms with Crippen molar-refractivity contribution in [1.29, 1.82) is 0 Å². The molecule has 1 atom stereocenters. The molecule has 0 radical (unpaired) electrons. The summed E-state index contributed by atoms with van der Waals surface area (Å²) in [4.78, 5) is 16.3. The van der Waals surface area contributed by atoms with E-state index < -0.39 is 40.4 Å². The van der Waals surface area contributed by atoms with Gasteiger partial charge in [0.25, 0.3) is 0 Å². The first-order valence-electron chi connectivity index (χ1n) is 10.7. The Kier molecular flexibility index (Phi) is 8.51. The fourth-order valence-corrected chi connectivity index (χ4v) is 3.58. The standard InChI is InChI=1S/C24H23F4N3O4S/c1-15(17-8-10-20(19(25)12-17)31(2)36(33)34)22(32)29-13-18-9-11-21(24(26,27)28)30-23(18)35-14-16-6-4-3-5-7-16/h3-12,15,36H,13-14H2,1-2H3,(H,29,32). The van der Waals surface area contributed by atoms with Crippen LogP contribution in [0.2, 0.25) is 0 Å². The van der Waals surface area contributed by atoms with Crippen LogP contribution in [0.15, 0.2) is 60.7 Å². The van der Waals surface area contributed by atoms with Crippen molar-refractivity contribution < 1.29 is 35.5 Å². The summed E-state index contributed by atoms with van der Waals surface area (Å²) in [5, 5.41) is 2.60. The Bertz CT molecular complexity index is 1290. The zero-order valence-corrected chi connectivity index (χ0v) is 20.1. The average molecular weight is 526 g/mol. The van der Waals surface area contributed by atoms with Gasteiger partial charge in [0.1, 0.15) is 18.1 Å². The smallest absolute Gasteiger partial charge is 0.433 e. The Morgan fingerprint density at radius 3 is 2.42 bits per heavy atom. The molecule has 3 aromatic rings. The molecular formula is C24H23F4N3O4S. The molecule has 1 unspecified atom stereocenters. The molecule has 36 heavy (non-hydrogen) atoms. The summed E-state index contributed by atoms with van der Waals surface area (Å²) >= 11 is 0. The quantitative estimate of drug-likeness (QED) is 0.323. The van der Waals surface area contributed by atoms with E-state index in [1.54, 1.807) is 30.3 Å². The molecule has 192 valence electrons. The van der Waals surface area contributed by atoms with Gasteiger partial charge in [0, 0.05) is 19.2 Å². The molecule has 0 fully saturated rings. The van der Waals surface area contributed by atoms with Crippen molar-refractivity contribution >= 4 is 22.5 Å². The number of nitrogens with zero attached hydrogens (tertiary/aromatic N) is 2. The number of hydrogen-bond acceptors (Lipinski definition) is 5. The van der Waals surface area contributed by atoms with E-state index in [0.717, 1.165) is 22.0 Å². The summed E-state index contributed by atoms with van der Waals surface area (Å²) in [6.45, 7) is 1.30. The van der Waals surface area contributed by atoms with E-state index in [0.29, 0.717) is 0 Å². The van der Waals surface area contributed by atoms with Crippen LogP contribution in [-0.2, 0) is 35.0 Å². The molecule has 0 aliphatic rings. The minimum atomic E-state index is -4.68. The van der Waals surface area contributed by atoms with E-state index >= 15 is 0 Å². The molecule has 7 nitrogen and oxygen atoms in total. The van der Waals surface area contributed by atoms with Gasteiger partial charge in [-0.1, -0.05) is 36.4 Å². The second kappa shape index (κ2) is 11.4. The Hall–Kier alpha value is -3.67. The van der Waals surface area contributed by atoms with E-state index in [-0.39, 0.29) is 35.8 Å². The van der Waals surface area contributed by atoms with Crippen LogP contribution in [0, 0.1) is 5.82 Å². The number of thiol groups is 1. The fourth-order valence-electron chi connectivity index (χ4n) is 3.24. The van der Waals surface area contributed by atoms with Gasteiger partial charge < -0.3 is 10.1 Å². The zero-order valence-electron chi connectivity index (χ0n) is 19.3. The topological polar surface area (TPSA) is 88.6 Å². The van der Waals surface area contributed by atoms with Gasteiger partial charge in [0.2, 0.25) is 22.7 Å². The number of carbonyl (C=O) groups excluding carboxylic acids is 1. The first-order valence-corrected chi connectivity index (χ1v) is 11.8. The third-order valence-electron chi connectivity index (χ3n) is 5.36. The molecule has 0 saturated carbocycles. The van der Waals surface area contributed by atoms with Crippen molar-refractivity contribution in [2.75, 3.05) is 11.4 Å². The van der Waals surface area contributed by atoms with Gasteiger partial charge >= 0.3 is 6.18 Å². The van der Waals surface area contributed by atoms with Crippen LogP contribution in [0.4, 0.5) is 23.2 Å². The summed E-state index contributed by atoms with van der Waals surface area (Å²) in [6.07, 6.45) is -4.68. The molecule has 1 N–H and O–H groups in total. The van der Waals surface area contributed by atoms with E-state index in [1.165, 1.54) is 32.2 Å². The maximum atomic E-state index is 14.4. The Morgan fingerprint density at radius 1 is 1.11 bits per heavy atom. The number of amides is 1. The van der Waals surface area contributed by atoms with Crippen LogP contribution in [0.5, 0.6) is 5.88 Å². The van der Waals surface area contributed by atoms with Crippen molar-refractivity contribution in [3.8, 4) is 5.88 Å². The highest BCUT2D eigenvalue weighted by molar-refractivity contribution is 7.74. The lowest BCUT2D eigenvalue weighted by molar-refractivity contribution is -0.141. The number of alkyl halides is 3. The lowest BCUT2D eigenvalue weighted by Gasteiger charge is -2.17. The largest absolute Gasteiger partial charge is 0.473 e. The van der Waals surface area contributed by atoms with Gasteiger partial charge in [-0.25, -0.2) is 17.8 Å². The maximum Gasteiger partial charge on any atom is 0.433 e. The normalized spacial score (nSPS) is 12.3. The molecule has 0 spiro atoms. The van der Waals surface area contributed by atoms with Gasteiger partial charge in [0.15, 0.2) is 0 Å². The fraction of sp³-hybridized carbons (Fsp3) is 0.250. The summed E-state index contributed by atoms with van der Waals surface area (Å²) in [7, 11) is -1.84. The van der Waals surface area contributed by atoms with Crippen molar-refractivity contribution in [3.05, 3.63) is 88.9 Å². The van der Waals surface area contributed by atoms with Crippen molar-refractivity contribution in [3.63, 3.8) is 0 Å². The minimum Gasteiger partial charge on any atom is -0.473 e. The van der Waals surface area contributed by atoms with Gasteiger partial charge in [-0.05, 0) is 42.3 Å². The summed E-state index contributed by atoms with van der Waals surface area (Å²) in [5.74, 6) is -2.46. The van der Waals surface area contributed by atoms with Crippen LogP contribution in [0.1, 0.15) is 35.2 Å². The first-order chi connectivity index (χ1) is 17.0. The predicted octanol–water partition coefficient (Wildman–Crippen LogP) is 4.20. The summed E-state index contributed by atoms with van der Waals surface area (Å²) < 4.78 is 82.4. The lowest BCUT2D eigenvalue weighted by atomic mass is 9.99. The number of benzene rings is 2. The maximum absolute atomic E-state index is 14.4. The number of anilines is 1. The molecule has 12 heteroatoms. The van der Waals surface area contributed by atoms with Crippen LogP contribution in [-0.4, -0.2) is 26.4 Å². The number of halogens is 4. The van der Waals surface area contributed by atoms with Gasteiger partial charge in [0.05, 0.1) is 11.6 Å². The molecule has 0 aliphatic carbocycles.